The van der Waals surface area contributed by atoms with E-state index in [4.69, 9.17) is 0 Å². The average molecular weight is 282 g/mol. The van der Waals surface area contributed by atoms with E-state index in [0.29, 0.717) is 11.4 Å². The van der Waals surface area contributed by atoms with Crippen molar-refractivity contribution in [2.75, 3.05) is 5.32 Å². The fourth-order valence-corrected chi connectivity index (χ4v) is 2.04. The second-order valence-electron chi connectivity index (χ2n) is 5.21. The Morgan fingerprint density at radius 1 is 1.29 bits per heavy atom. The maximum Gasteiger partial charge on any atom is 0.242 e. The van der Waals surface area contributed by atoms with Crippen LogP contribution in [0.15, 0.2) is 30.3 Å². The molecule has 1 heterocycles. The number of pyridine rings is 1. The molecule has 108 valence electrons. The smallest absolute Gasteiger partial charge is 0.242 e. The number of aromatic nitrogens is 1. The quantitative estimate of drug-likeness (QED) is 0.902. The van der Waals surface area contributed by atoms with Crippen LogP contribution in [-0.4, -0.2) is 23.0 Å². The van der Waals surface area contributed by atoms with E-state index >= 15 is 0 Å². The van der Waals surface area contributed by atoms with Crippen LogP contribution >= 0.6 is 0 Å². The lowest BCUT2D eigenvalue weighted by molar-refractivity contribution is -0.122. The number of nitriles is 1. The van der Waals surface area contributed by atoms with E-state index in [1.165, 1.54) is 0 Å². The predicted octanol–water partition coefficient (Wildman–Crippen LogP) is 2.43. The average Bonchev–Trinajstić information content (AvgIpc) is 2.45. The van der Waals surface area contributed by atoms with Gasteiger partial charge in [0.05, 0.1) is 17.1 Å². The number of rotatable bonds is 4. The van der Waals surface area contributed by atoms with Crippen LogP contribution < -0.4 is 10.6 Å². The largest absolute Gasteiger partial charge is 0.359 e. The van der Waals surface area contributed by atoms with Crippen molar-refractivity contribution in [1.29, 1.82) is 5.26 Å². The Kier molecular flexibility index (Phi) is 4.39. The summed E-state index contributed by atoms with van der Waals surface area (Å²) in [4.78, 5) is 16.4. The molecule has 0 bridgehead atoms. The van der Waals surface area contributed by atoms with Crippen molar-refractivity contribution in [3.63, 3.8) is 0 Å². The van der Waals surface area contributed by atoms with Crippen LogP contribution in [0.4, 0.5) is 5.82 Å². The fraction of sp³-hybridized carbons (Fsp3) is 0.312. The summed E-state index contributed by atoms with van der Waals surface area (Å²) in [5.74, 6) is 0.426. The third kappa shape index (κ3) is 3.48. The van der Waals surface area contributed by atoms with Crippen LogP contribution in [0.3, 0.4) is 0 Å². The van der Waals surface area contributed by atoms with E-state index in [1.807, 2.05) is 38.1 Å². The van der Waals surface area contributed by atoms with Gasteiger partial charge in [-0.15, -0.1) is 0 Å². The van der Waals surface area contributed by atoms with Gasteiger partial charge < -0.3 is 10.6 Å². The number of fused-ring (bicyclic) bond motifs is 1. The standard InChI is InChI=1S/C16H18N4O/c1-10(2)18-16(21)11(3)19-15-8-12(9-17)13-6-4-5-7-14(13)20-15/h4-8,10-11H,1-3H3,(H,18,21)(H,19,20). The summed E-state index contributed by atoms with van der Waals surface area (Å²) in [6, 6.07) is 10.9. The Bertz CT molecular complexity index is 703. The zero-order valence-electron chi connectivity index (χ0n) is 12.3. The summed E-state index contributed by atoms with van der Waals surface area (Å²) in [5, 5.41) is 15.9. The van der Waals surface area contributed by atoms with Crippen molar-refractivity contribution >= 4 is 22.6 Å². The molecule has 5 nitrogen and oxygen atoms in total. The monoisotopic (exact) mass is 282 g/mol. The molecule has 0 spiro atoms. The number of carbonyl (C=O) groups excluding carboxylic acids is 1. The molecule has 21 heavy (non-hydrogen) atoms. The number of carbonyl (C=O) groups is 1. The summed E-state index contributed by atoms with van der Waals surface area (Å²) in [6.45, 7) is 5.58. The van der Waals surface area contributed by atoms with Gasteiger partial charge >= 0.3 is 0 Å². The minimum absolute atomic E-state index is 0.0842. The van der Waals surface area contributed by atoms with Crippen molar-refractivity contribution in [3.05, 3.63) is 35.9 Å². The maximum atomic E-state index is 11.9. The van der Waals surface area contributed by atoms with E-state index in [9.17, 15) is 10.1 Å². The topological polar surface area (TPSA) is 77.8 Å². The predicted molar refractivity (Wildman–Crippen MR) is 82.8 cm³/mol. The molecule has 2 aromatic rings. The van der Waals surface area contributed by atoms with Crippen LogP contribution in [0.25, 0.3) is 10.9 Å². The molecule has 2 N–H and O–H groups in total. The Balaban J connectivity index is 2.27. The van der Waals surface area contributed by atoms with Crippen molar-refractivity contribution in [2.45, 2.75) is 32.9 Å². The Morgan fingerprint density at radius 3 is 2.67 bits per heavy atom. The Labute approximate surface area is 124 Å². The number of anilines is 1. The maximum absolute atomic E-state index is 11.9. The SMILES string of the molecule is CC(C)NC(=O)C(C)Nc1cc(C#N)c2ccccc2n1. The molecule has 0 saturated carbocycles. The van der Waals surface area contributed by atoms with Gasteiger partial charge in [-0.1, -0.05) is 18.2 Å². The molecule has 5 heteroatoms. The molecular weight excluding hydrogens is 264 g/mol. The highest BCUT2D eigenvalue weighted by atomic mass is 16.2. The zero-order valence-corrected chi connectivity index (χ0v) is 12.3. The lowest BCUT2D eigenvalue weighted by Gasteiger charge is -2.17. The highest BCUT2D eigenvalue weighted by Gasteiger charge is 2.15. The lowest BCUT2D eigenvalue weighted by atomic mass is 10.1. The van der Waals surface area contributed by atoms with Crippen molar-refractivity contribution < 1.29 is 4.79 Å². The third-order valence-corrected chi connectivity index (χ3v) is 3.03. The van der Waals surface area contributed by atoms with Gasteiger partial charge in [0.15, 0.2) is 0 Å². The van der Waals surface area contributed by atoms with E-state index < -0.39 is 6.04 Å². The lowest BCUT2D eigenvalue weighted by Crippen LogP contribution is -2.41. The first-order chi connectivity index (χ1) is 10.0. The van der Waals surface area contributed by atoms with E-state index in [2.05, 4.69) is 21.7 Å². The number of hydrogen-bond donors (Lipinski definition) is 2. The normalized spacial score (nSPS) is 12.0. The minimum Gasteiger partial charge on any atom is -0.359 e. The summed E-state index contributed by atoms with van der Waals surface area (Å²) >= 11 is 0. The molecule has 2 rings (SSSR count). The van der Waals surface area contributed by atoms with Gasteiger partial charge in [-0.3, -0.25) is 4.79 Å². The molecule has 0 aliphatic rings. The summed E-state index contributed by atoms with van der Waals surface area (Å²) in [7, 11) is 0. The number of nitrogens with one attached hydrogen (secondary N) is 2. The van der Waals surface area contributed by atoms with Crippen molar-refractivity contribution in [2.24, 2.45) is 0 Å². The van der Waals surface area contributed by atoms with Crippen LogP contribution in [-0.2, 0) is 4.79 Å². The number of hydrogen-bond acceptors (Lipinski definition) is 4. The molecule has 1 unspecified atom stereocenters. The number of amides is 1. The van der Waals surface area contributed by atoms with Gasteiger partial charge in [-0.2, -0.15) is 5.26 Å². The highest BCUT2D eigenvalue weighted by Crippen LogP contribution is 2.20. The molecule has 1 amide bonds. The fourth-order valence-electron chi connectivity index (χ4n) is 2.04. The zero-order chi connectivity index (χ0) is 15.4. The van der Waals surface area contributed by atoms with Crippen molar-refractivity contribution in [1.82, 2.24) is 10.3 Å². The minimum atomic E-state index is -0.424. The number of nitrogens with zero attached hydrogens (tertiary/aromatic N) is 2. The second-order valence-corrected chi connectivity index (χ2v) is 5.21. The first-order valence-electron chi connectivity index (χ1n) is 6.88. The van der Waals surface area contributed by atoms with Crippen LogP contribution in [0, 0.1) is 11.3 Å². The van der Waals surface area contributed by atoms with E-state index in [1.54, 1.807) is 13.0 Å². The molecule has 0 aliphatic heterocycles. The highest BCUT2D eigenvalue weighted by molar-refractivity contribution is 5.88. The van der Waals surface area contributed by atoms with Crippen LogP contribution in [0.1, 0.15) is 26.3 Å². The van der Waals surface area contributed by atoms with Gasteiger partial charge in [0.1, 0.15) is 11.9 Å². The molecule has 0 fully saturated rings. The second kappa shape index (κ2) is 6.23. The molecule has 0 aliphatic carbocycles. The molecular formula is C16H18N4O. The third-order valence-electron chi connectivity index (χ3n) is 3.03. The van der Waals surface area contributed by atoms with Gasteiger partial charge in [0, 0.05) is 11.4 Å². The Morgan fingerprint density at radius 2 is 2.00 bits per heavy atom. The molecule has 1 aromatic carbocycles. The van der Waals surface area contributed by atoms with Gasteiger partial charge in [0.25, 0.3) is 0 Å². The molecule has 1 atom stereocenters. The molecule has 0 saturated heterocycles. The van der Waals surface area contributed by atoms with Crippen LogP contribution in [0.2, 0.25) is 0 Å². The Hall–Kier alpha value is -2.61. The van der Waals surface area contributed by atoms with Crippen LogP contribution in [0.5, 0.6) is 0 Å². The first kappa shape index (κ1) is 14.8. The summed E-state index contributed by atoms with van der Waals surface area (Å²) < 4.78 is 0. The van der Waals surface area contributed by atoms with Gasteiger partial charge in [0.2, 0.25) is 5.91 Å². The van der Waals surface area contributed by atoms with Gasteiger partial charge in [-0.05, 0) is 32.9 Å². The first-order valence-corrected chi connectivity index (χ1v) is 6.88. The molecule has 1 aromatic heterocycles. The van der Waals surface area contributed by atoms with Gasteiger partial charge in [-0.25, -0.2) is 4.98 Å². The molecule has 0 radical (unpaired) electrons. The summed E-state index contributed by atoms with van der Waals surface area (Å²) in [5.41, 5.74) is 1.27. The van der Waals surface area contributed by atoms with E-state index in [0.717, 1.165) is 10.9 Å². The van der Waals surface area contributed by atoms with E-state index in [-0.39, 0.29) is 11.9 Å². The summed E-state index contributed by atoms with van der Waals surface area (Å²) in [6.07, 6.45) is 0. The number of para-hydroxylation sites is 1. The number of benzene rings is 1. The van der Waals surface area contributed by atoms with Crippen molar-refractivity contribution in [3.8, 4) is 6.07 Å².